The van der Waals surface area contributed by atoms with E-state index in [4.69, 9.17) is 9.97 Å². The van der Waals surface area contributed by atoms with Crippen molar-refractivity contribution in [3.63, 3.8) is 0 Å². The van der Waals surface area contributed by atoms with Gasteiger partial charge in [-0.25, -0.2) is 9.97 Å². The molecule has 3 heterocycles. The normalized spacial score (nSPS) is 14.3. The number of aromatic nitrogens is 3. The first-order valence-electron chi connectivity index (χ1n) is 16.3. The molecule has 0 fully saturated rings. The Hall–Kier alpha value is -5.91. The molecule has 0 atom stereocenters. The van der Waals surface area contributed by atoms with Gasteiger partial charge in [0.2, 0.25) is 5.95 Å². The number of nitrogens with zero attached hydrogens (tertiary/aromatic N) is 4. The fourth-order valence-electron chi connectivity index (χ4n) is 8.14. The lowest BCUT2D eigenvalue weighted by Gasteiger charge is -2.37. The molecule has 11 rings (SSSR count). The van der Waals surface area contributed by atoms with E-state index < -0.39 is 4.87 Å². The summed E-state index contributed by atoms with van der Waals surface area (Å²) in [6, 6.07) is 56.5. The quantitative estimate of drug-likeness (QED) is 0.182. The third-order valence-corrected chi connectivity index (χ3v) is 11.5. The molecule has 1 aliphatic heterocycles. The average molecular weight is 631 g/mol. The van der Waals surface area contributed by atoms with E-state index in [1.54, 1.807) is 0 Å². The smallest absolute Gasteiger partial charge is 0.233 e. The second kappa shape index (κ2) is 9.57. The zero-order valence-corrected chi connectivity index (χ0v) is 26.5. The first kappa shape index (κ1) is 26.2. The van der Waals surface area contributed by atoms with Gasteiger partial charge >= 0.3 is 0 Å². The van der Waals surface area contributed by atoms with Crippen LogP contribution in [0.25, 0.3) is 60.4 Å². The molecule has 0 radical (unpaired) electrons. The molecule has 7 aromatic carbocycles. The van der Waals surface area contributed by atoms with Gasteiger partial charge in [-0.3, -0.25) is 4.90 Å². The van der Waals surface area contributed by atoms with Crippen molar-refractivity contribution in [1.82, 2.24) is 14.5 Å². The summed E-state index contributed by atoms with van der Waals surface area (Å²) in [4.78, 5) is 14.3. The molecule has 0 N–H and O–H groups in total. The molecule has 0 unspecified atom stereocenters. The highest BCUT2D eigenvalue weighted by atomic mass is 32.2. The Morgan fingerprint density at radius 2 is 1.19 bits per heavy atom. The van der Waals surface area contributed by atoms with Crippen molar-refractivity contribution >= 4 is 66.9 Å². The summed E-state index contributed by atoms with van der Waals surface area (Å²) in [5.41, 5.74) is 9.78. The number of hydrogen-bond donors (Lipinski definition) is 0. The maximum absolute atomic E-state index is 5.62. The van der Waals surface area contributed by atoms with E-state index in [-0.39, 0.29) is 0 Å². The lowest BCUT2D eigenvalue weighted by atomic mass is 10.0. The molecular formula is C43H26N4S. The lowest BCUT2D eigenvalue weighted by Crippen LogP contribution is -2.38. The van der Waals surface area contributed by atoms with Gasteiger partial charge in [-0.05, 0) is 51.9 Å². The van der Waals surface area contributed by atoms with E-state index in [0.717, 1.165) is 44.6 Å². The summed E-state index contributed by atoms with van der Waals surface area (Å²) in [7, 11) is 0. The minimum Gasteiger partial charge on any atom is -0.306 e. The molecule has 48 heavy (non-hydrogen) atoms. The Labute approximate surface area is 280 Å². The van der Waals surface area contributed by atoms with Crippen LogP contribution < -0.4 is 4.90 Å². The highest BCUT2D eigenvalue weighted by Gasteiger charge is 2.54. The number of para-hydroxylation sites is 3. The Morgan fingerprint density at radius 3 is 1.94 bits per heavy atom. The van der Waals surface area contributed by atoms with Crippen molar-refractivity contribution in [2.75, 3.05) is 4.90 Å². The van der Waals surface area contributed by atoms with E-state index in [2.05, 4.69) is 167 Å². The highest BCUT2D eigenvalue weighted by molar-refractivity contribution is 8.01. The summed E-state index contributed by atoms with van der Waals surface area (Å²) >= 11 is 1.91. The fourth-order valence-corrected chi connectivity index (χ4v) is 9.70. The Morgan fingerprint density at radius 1 is 0.542 bits per heavy atom. The van der Waals surface area contributed by atoms with E-state index >= 15 is 0 Å². The topological polar surface area (TPSA) is 34.0 Å². The summed E-state index contributed by atoms with van der Waals surface area (Å²) in [6.07, 6.45) is 0. The SMILES string of the molecule is c1ccc(-c2nc(N3c4ccccc4SC34c3cccc5ccc6cccc4c6c35)nc3c4ccccc4n(-c4ccccc4)c23)cc1. The predicted molar refractivity (Wildman–Crippen MR) is 198 cm³/mol. The largest absolute Gasteiger partial charge is 0.306 e. The maximum Gasteiger partial charge on any atom is 0.233 e. The first-order valence-corrected chi connectivity index (χ1v) is 17.1. The van der Waals surface area contributed by atoms with Crippen molar-refractivity contribution in [3.8, 4) is 16.9 Å². The molecule has 1 aliphatic carbocycles. The summed E-state index contributed by atoms with van der Waals surface area (Å²) in [5, 5.41) is 6.26. The van der Waals surface area contributed by atoms with Crippen LogP contribution in [0.4, 0.5) is 11.6 Å². The van der Waals surface area contributed by atoms with Crippen molar-refractivity contribution in [3.05, 3.63) is 169 Å². The van der Waals surface area contributed by atoms with Crippen molar-refractivity contribution < 1.29 is 0 Å². The van der Waals surface area contributed by atoms with Crippen LogP contribution in [0.15, 0.2) is 163 Å². The number of anilines is 2. The van der Waals surface area contributed by atoms with Gasteiger partial charge in [0.1, 0.15) is 11.2 Å². The van der Waals surface area contributed by atoms with E-state index in [1.807, 2.05) is 11.8 Å². The molecule has 5 heteroatoms. The molecule has 0 saturated heterocycles. The van der Waals surface area contributed by atoms with Gasteiger partial charge < -0.3 is 4.57 Å². The van der Waals surface area contributed by atoms with E-state index in [1.165, 1.54) is 37.6 Å². The minimum atomic E-state index is -0.578. The summed E-state index contributed by atoms with van der Waals surface area (Å²) < 4.78 is 2.33. The number of fused-ring (bicyclic) bond motifs is 6. The van der Waals surface area contributed by atoms with Crippen molar-refractivity contribution in [1.29, 1.82) is 0 Å². The van der Waals surface area contributed by atoms with Gasteiger partial charge in [0.25, 0.3) is 0 Å². The standard InChI is InChI=1S/C43H26N4S/c1-3-13-29(14-4-1)39-41-40(31-19-7-8-22-34(31)46(41)30-17-5-2-6-18-30)45-42(44-39)47-35-23-9-10-24-36(35)48-43(47)32-20-11-15-27-25-26-28-16-12-21-33(43)38(28)37(27)32/h1-26H. The maximum atomic E-state index is 5.62. The van der Waals surface area contributed by atoms with Crippen LogP contribution in [0.3, 0.4) is 0 Å². The lowest BCUT2D eigenvalue weighted by molar-refractivity contribution is 0.764. The molecular weight excluding hydrogens is 605 g/mol. The number of thioether (sulfide) groups is 1. The second-order valence-electron chi connectivity index (χ2n) is 12.5. The monoisotopic (exact) mass is 630 g/mol. The second-order valence-corrected chi connectivity index (χ2v) is 13.8. The van der Waals surface area contributed by atoms with Crippen LogP contribution in [0.5, 0.6) is 0 Å². The molecule has 0 amide bonds. The van der Waals surface area contributed by atoms with E-state index in [9.17, 15) is 0 Å². The van der Waals surface area contributed by atoms with Crippen molar-refractivity contribution in [2.24, 2.45) is 0 Å². The van der Waals surface area contributed by atoms with Crippen molar-refractivity contribution in [2.45, 2.75) is 9.77 Å². The van der Waals surface area contributed by atoms with Crippen LogP contribution in [0.2, 0.25) is 0 Å². The molecule has 224 valence electrons. The molecule has 2 aliphatic rings. The number of rotatable bonds is 3. The Bertz CT molecular complexity index is 2710. The molecule has 4 nitrogen and oxygen atoms in total. The number of benzene rings is 7. The van der Waals surface area contributed by atoms with Crippen LogP contribution in [-0.4, -0.2) is 14.5 Å². The highest BCUT2D eigenvalue weighted by Crippen LogP contribution is 2.66. The average Bonchev–Trinajstić information content (AvgIpc) is 3.78. The molecule has 0 bridgehead atoms. The first-order chi connectivity index (χ1) is 23.8. The molecule has 2 aromatic heterocycles. The Balaban J connectivity index is 1.30. The number of hydrogen-bond acceptors (Lipinski definition) is 4. The zero-order chi connectivity index (χ0) is 31.4. The summed E-state index contributed by atoms with van der Waals surface area (Å²) in [5.74, 6) is 0.691. The van der Waals surface area contributed by atoms with Crippen LogP contribution in [-0.2, 0) is 4.87 Å². The third-order valence-electron chi connectivity index (χ3n) is 10.1. The summed E-state index contributed by atoms with van der Waals surface area (Å²) in [6.45, 7) is 0. The molecule has 0 saturated carbocycles. The minimum absolute atomic E-state index is 0.578. The van der Waals surface area contributed by atoms with Gasteiger partial charge in [0.05, 0.1) is 16.7 Å². The fraction of sp³-hybridized carbons (Fsp3) is 0.0233. The van der Waals surface area contributed by atoms with Gasteiger partial charge in [-0.2, -0.15) is 0 Å². The predicted octanol–water partition coefficient (Wildman–Crippen LogP) is 11.0. The van der Waals surface area contributed by atoms with Gasteiger partial charge in [0, 0.05) is 32.7 Å². The molecule has 9 aromatic rings. The third kappa shape index (κ3) is 3.31. The van der Waals surface area contributed by atoms with Gasteiger partial charge in [-0.1, -0.05) is 139 Å². The van der Waals surface area contributed by atoms with Crippen LogP contribution in [0, 0.1) is 0 Å². The Kier molecular flexibility index (Phi) is 5.22. The van der Waals surface area contributed by atoms with E-state index in [0.29, 0.717) is 5.95 Å². The van der Waals surface area contributed by atoms with Crippen LogP contribution in [0.1, 0.15) is 11.1 Å². The molecule has 1 spiro atoms. The van der Waals surface area contributed by atoms with Gasteiger partial charge in [0.15, 0.2) is 4.87 Å². The van der Waals surface area contributed by atoms with Crippen LogP contribution >= 0.6 is 11.8 Å². The van der Waals surface area contributed by atoms with Gasteiger partial charge in [-0.15, -0.1) is 0 Å². The zero-order valence-electron chi connectivity index (χ0n) is 25.7.